The fourth-order valence-corrected chi connectivity index (χ4v) is 3.05. The van der Waals surface area contributed by atoms with Crippen LogP contribution in [0.1, 0.15) is 30.4 Å². The van der Waals surface area contributed by atoms with Gasteiger partial charge in [-0.15, -0.1) is 0 Å². The van der Waals surface area contributed by atoms with E-state index in [1.165, 1.54) is 37.3 Å². The Labute approximate surface area is 161 Å². The molecule has 1 atom stereocenters. The standard InChI is InChI=1S/C21H20F3NO3/c1-4-8-14(5-2)12-28-20(27)19-13(3)25-18(26)11-16(19)15-9-6-7-10-17(15)21(22,23)24/h4-10,16H,1-2,11-12H2,3H3,(H,25,26)/b14-8+. The molecule has 1 amide bonds. The van der Waals surface area contributed by atoms with Crippen LogP contribution in [0.2, 0.25) is 0 Å². The number of halogens is 3. The molecule has 1 aliphatic heterocycles. The van der Waals surface area contributed by atoms with Crippen LogP contribution >= 0.6 is 0 Å². The van der Waals surface area contributed by atoms with Crippen molar-refractivity contribution in [1.29, 1.82) is 0 Å². The van der Waals surface area contributed by atoms with E-state index < -0.39 is 29.5 Å². The Kier molecular flexibility index (Phi) is 6.62. The summed E-state index contributed by atoms with van der Waals surface area (Å²) in [6.07, 6.45) is -0.323. The lowest BCUT2D eigenvalue weighted by molar-refractivity contribution is -0.141. The van der Waals surface area contributed by atoms with Crippen molar-refractivity contribution >= 4 is 11.9 Å². The van der Waals surface area contributed by atoms with Crippen molar-refractivity contribution in [1.82, 2.24) is 5.32 Å². The van der Waals surface area contributed by atoms with Crippen LogP contribution in [0.3, 0.4) is 0 Å². The van der Waals surface area contributed by atoms with Crippen LogP contribution in [-0.4, -0.2) is 18.5 Å². The molecule has 0 aromatic heterocycles. The van der Waals surface area contributed by atoms with Gasteiger partial charge in [0, 0.05) is 18.0 Å². The predicted molar refractivity (Wildman–Crippen MR) is 99.1 cm³/mol. The SMILES string of the molecule is C=C/C=C(\C=C)COC(=O)C1=C(C)NC(=O)CC1c1ccccc1C(F)(F)F. The third kappa shape index (κ3) is 4.79. The number of amides is 1. The first-order valence-electron chi connectivity index (χ1n) is 8.47. The molecular formula is C21H20F3NO3. The fourth-order valence-electron chi connectivity index (χ4n) is 3.05. The van der Waals surface area contributed by atoms with E-state index in [0.29, 0.717) is 5.57 Å². The molecule has 0 saturated carbocycles. The van der Waals surface area contributed by atoms with E-state index in [1.807, 2.05) is 0 Å². The van der Waals surface area contributed by atoms with Gasteiger partial charge in [0.05, 0.1) is 11.1 Å². The average Bonchev–Trinajstić information content (AvgIpc) is 2.63. The number of nitrogens with one attached hydrogen (secondary N) is 1. The number of benzene rings is 1. The average molecular weight is 391 g/mol. The van der Waals surface area contributed by atoms with Crippen LogP contribution < -0.4 is 5.32 Å². The molecule has 4 nitrogen and oxygen atoms in total. The molecule has 7 heteroatoms. The van der Waals surface area contributed by atoms with Gasteiger partial charge in [-0.1, -0.05) is 49.6 Å². The predicted octanol–water partition coefficient (Wildman–Crippen LogP) is 4.42. The van der Waals surface area contributed by atoms with Crippen molar-refractivity contribution < 1.29 is 27.5 Å². The molecule has 1 aliphatic rings. The molecular weight excluding hydrogens is 371 g/mol. The summed E-state index contributed by atoms with van der Waals surface area (Å²) in [5.74, 6) is -2.32. The molecule has 1 N–H and O–H groups in total. The summed E-state index contributed by atoms with van der Waals surface area (Å²) in [4.78, 5) is 24.7. The minimum Gasteiger partial charge on any atom is -0.457 e. The molecule has 2 rings (SSSR count). The molecule has 0 saturated heterocycles. The van der Waals surface area contributed by atoms with Crippen molar-refractivity contribution in [3.8, 4) is 0 Å². The van der Waals surface area contributed by atoms with Crippen LogP contribution in [0, 0.1) is 0 Å². The molecule has 0 bridgehead atoms. The number of carbonyl (C=O) groups excluding carboxylic acids is 2. The second-order valence-corrected chi connectivity index (χ2v) is 6.19. The number of alkyl halides is 3. The zero-order chi connectivity index (χ0) is 20.9. The van der Waals surface area contributed by atoms with Gasteiger partial charge in [0.15, 0.2) is 0 Å². The highest BCUT2D eigenvalue weighted by atomic mass is 19.4. The van der Waals surface area contributed by atoms with Gasteiger partial charge >= 0.3 is 12.1 Å². The topological polar surface area (TPSA) is 55.4 Å². The number of allylic oxidation sites excluding steroid dienone is 3. The number of ether oxygens (including phenoxy) is 1. The van der Waals surface area contributed by atoms with Gasteiger partial charge in [-0.25, -0.2) is 4.79 Å². The van der Waals surface area contributed by atoms with Crippen LogP contribution in [-0.2, 0) is 20.5 Å². The maximum absolute atomic E-state index is 13.4. The number of esters is 1. The molecule has 1 unspecified atom stereocenters. The second kappa shape index (κ2) is 8.73. The van der Waals surface area contributed by atoms with Gasteiger partial charge in [0.2, 0.25) is 5.91 Å². The van der Waals surface area contributed by atoms with Gasteiger partial charge in [-0.05, 0) is 24.1 Å². The zero-order valence-electron chi connectivity index (χ0n) is 15.3. The van der Waals surface area contributed by atoms with Crippen LogP contribution in [0.25, 0.3) is 0 Å². The summed E-state index contributed by atoms with van der Waals surface area (Å²) >= 11 is 0. The number of hydrogen-bond donors (Lipinski definition) is 1. The number of rotatable bonds is 6. The van der Waals surface area contributed by atoms with E-state index >= 15 is 0 Å². The molecule has 28 heavy (non-hydrogen) atoms. The maximum Gasteiger partial charge on any atom is 0.416 e. The second-order valence-electron chi connectivity index (χ2n) is 6.19. The van der Waals surface area contributed by atoms with E-state index in [0.717, 1.165) is 6.07 Å². The normalized spacial score (nSPS) is 17.8. The Bertz CT molecular complexity index is 866. The molecule has 0 fully saturated rings. The molecule has 0 radical (unpaired) electrons. The number of carbonyl (C=O) groups is 2. The summed E-state index contributed by atoms with van der Waals surface area (Å²) in [5, 5.41) is 2.50. The Morgan fingerprint density at radius 1 is 1.32 bits per heavy atom. The van der Waals surface area contributed by atoms with Crippen LogP contribution in [0.5, 0.6) is 0 Å². The lowest BCUT2D eigenvalue weighted by atomic mass is 9.82. The highest BCUT2D eigenvalue weighted by Gasteiger charge is 2.40. The van der Waals surface area contributed by atoms with E-state index in [9.17, 15) is 22.8 Å². The summed E-state index contributed by atoms with van der Waals surface area (Å²) in [6.45, 7) is 8.48. The quantitative estimate of drug-likeness (QED) is 0.577. The van der Waals surface area contributed by atoms with Gasteiger partial charge in [0.25, 0.3) is 0 Å². The maximum atomic E-state index is 13.4. The Hall–Kier alpha value is -3.09. The molecule has 148 valence electrons. The van der Waals surface area contributed by atoms with Gasteiger partial charge in [-0.2, -0.15) is 13.2 Å². The summed E-state index contributed by atoms with van der Waals surface area (Å²) in [7, 11) is 0. The monoisotopic (exact) mass is 391 g/mol. The van der Waals surface area contributed by atoms with Crippen molar-refractivity contribution in [2.45, 2.75) is 25.4 Å². The molecule has 1 aromatic rings. The highest BCUT2D eigenvalue weighted by Crippen LogP contribution is 2.41. The molecule has 1 aromatic carbocycles. The van der Waals surface area contributed by atoms with E-state index in [2.05, 4.69) is 18.5 Å². The summed E-state index contributed by atoms with van der Waals surface area (Å²) in [5.41, 5.74) is -0.268. The van der Waals surface area contributed by atoms with Crippen molar-refractivity contribution in [2.75, 3.05) is 6.61 Å². The Balaban J connectivity index is 2.44. The Morgan fingerprint density at radius 2 is 2.00 bits per heavy atom. The summed E-state index contributed by atoms with van der Waals surface area (Å²) in [6, 6.07) is 4.92. The van der Waals surface area contributed by atoms with Gasteiger partial charge < -0.3 is 10.1 Å². The van der Waals surface area contributed by atoms with Crippen molar-refractivity contribution in [3.63, 3.8) is 0 Å². The lowest BCUT2D eigenvalue weighted by Crippen LogP contribution is -2.35. The first-order valence-corrected chi connectivity index (χ1v) is 8.47. The Morgan fingerprint density at radius 3 is 2.61 bits per heavy atom. The fraction of sp³-hybridized carbons (Fsp3) is 0.238. The summed E-state index contributed by atoms with van der Waals surface area (Å²) < 4.78 is 45.6. The third-order valence-corrected chi connectivity index (χ3v) is 4.29. The smallest absolute Gasteiger partial charge is 0.416 e. The molecule has 1 heterocycles. The first kappa shape index (κ1) is 21.2. The minimum atomic E-state index is -4.61. The molecule has 0 aliphatic carbocycles. The number of hydrogen-bond acceptors (Lipinski definition) is 3. The van der Waals surface area contributed by atoms with Crippen LogP contribution in [0.4, 0.5) is 13.2 Å². The van der Waals surface area contributed by atoms with E-state index in [-0.39, 0.29) is 29.9 Å². The zero-order valence-corrected chi connectivity index (χ0v) is 15.3. The first-order chi connectivity index (χ1) is 13.2. The van der Waals surface area contributed by atoms with Crippen LogP contribution in [0.15, 0.2) is 72.5 Å². The van der Waals surface area contributed by atoms with Gasteiger partial charge in [-0.3, -0.25) is 4.79 Å². The lowest BCUT2D eigenvalue weighted by Gasteiger charge is -2.28. The van der Waals surface area contributed by atoms with Gasteiger partial charge in [0.1, 0.15) is 6.61 Å². The largest absolute Gasteiger partial charge is 0.457 e. The van der Waals surface area contributed by atoms with Crippen molar-refractivity contribution in [3.05, 3.63) is 83.6 Å². The minimum absolute atomic E-state index is 0.00156. The van der Waals surface area contributed by atoms with Crippen molar-refractivity contribution in [2.24, 2.45) is 0 Å². The third-order valence-electron chi connectivity index (χ3n) is 4.29. The highest BCUT2D eigenvalue weighted by molar-refractivity contribution is 5.96. The van der Waals surface area contributed by atoms with E-state index in [4.69, 9.17) is 4.74 Å². The molecule has 0 spiro atoms. The van der Waals surface area contributed by atoms with E-state index in [1.54, 1.807) is 6.08 Å².